The first-order valence-electron chi connectivity index (χ1n) is 12.9. The van der Waals surface area contributed by atoms with Crippen LogP contribution in [0.4, 0.5) is 0 Å². The van der Waals surface area contributed by atoms with Gasteiger partial charge in [-0.25, -0.2) is 0 Å². The van der Waals surface area contributed by atoms with Crippen LogP contribution < -0.4 is 14.8 Å². The monoisotopic (exact) mass is 493 g/mol. The van der Waals surface area contributed by atoms with Gasteiger partial charge in [0.05, 0.1) is 11.1 Å². The molecule has 1 aromatic heterocycles. The maximum absolute atomic E-state index is 13.6. The van der Waals surface area contributed by atoms with Gasteiger partial charge in [0.2, 0.25) is 0 Å². The Labute approximate surface area is 217 Å². The molecule has 1 amide bonds. The summed E-state index contributed by atoms with van der Waals surface area (Å²) in [6, 6.07) is 23.9. The molecule has 1 saturated heterocycles. The number of ether oxygens (including phenoxy) is 2. The van der Waals surface area contributed by atoms with Gasteiger partial charge in [0, 0.05) is 29.3 Å². The number of rotatable bonds is 8. The van der Waals surface area contributed by atoms with E-state index in [1.54, 1.807) is 6.20 Å². The molecule has 0 spiro atoms. The molecule has 37 heavy (non-hydrogen) atoms. The molecule has 1 aliphatic carbocycles. The number of fused-ring (bicyclic) bond motifs is 1. The fourth-order valence-electron chi connectivity index (χ4n) is 5.02. The Hall–Kier alpha value is -3.90. The number of benzene rings is 3. The van der Waals surface area contributed by atoms with E-state index in [1.807, 2.05) is 73.7 Å². The number of likely N-dealkylation sites (N-methyl/N-ethyl adjacent to an activating group) is 1. The molecule has 0 bridgehead atoms. The zero-order valence-corrected chi connectivity index (χ0v) is 21.2. The first-order chi connectivity index (χ1) is 18.0. The van der Waals surface area contributed by atoms with Crippen LogP contribution in [-0.4, -0.2) is 42.0 Å². The molecule has 2 fully saturated rings. The Morgan fingerprint density at radius 3 is 2.59 bits per heavy atom. The molecule has 6 heteroatoms. The van der Waals surface area contributed by atoms with Crippen molar-refractivity contribution in [2.45, 2.75) is 37.8 Å². The molecule has 2 heterocycles. The van der Waals surface area contributed by atoms with Gasteiger partial charge in [-0.15, -0.1) is 0 Å². The van der Waals surface area contributed by atoms with E-state index in [4.69, 9.17) is 9.47 Å². The Morgan fingerprint density at radius 2 is 1.86 bits per heavy atom. The van der Waals surface area contributed by atoms with E-state index in [-0.39, 0.29) is 5.91 Å². The Kier molecular flexibility index (Phi) is 6.05. The van der Waals surface area contributed by atoms with E-state index < -0.39 is 5.54 Å². The van der Waals surface area contributed by atoms with Crippen LogP contribution in [0, 0.1) is 6.92 Å². The third kappa shape index (κ3) is 4.77. The number of amides is 1. The summed E-state index contributed by atoms with van der Waals surface area (Å²) in [5.41, 5.74) is 3.00. The number of para-hydroxylation sites is 1. The van der Waals surface area contributed by atoms with Gasteiger partial charge in [-0.3, -0.25) is 14.7 Å². The van der Waals surface area contributed by atoms with Crippen molar-refractivity contribution in [1.82, 2.24) is 15.2 Å². The lowest BCUT2D eigenvalue weighted by Crippen LogP contribution is -2.48. The second-order valence-electron chi connectivity index (χ2n) is 10.2. The smallest absolute Gasteiger partial charge is 0.252 e. The standard InChI is InChI=1S/C31H31N3O3/c1-21-10-11-24(36-20-22-12-16-34(22)2)17-27(21)30(35)33-31(13-14-31)28-18-25(37-23-7-4-3-5-8-23)19-29-26(28)9-6-15-32-29/h3-11,15,17-19,22H,12-14,16,20H2,1-2H3,(H,33,35)/t22-/m0/s1. The third-order valence-corrected chi connectivity index (χ3v) is 7.63. The van der Waals surface area contributed by atoms with Gasteiger partial charge in [0.15, 0.2) is 0 Å². The van der Waals surface area contributed by atoms with E-state index >= 15 is 0 Å². The van der Waals surface area contributed by atoms with Gasteiger partial charge in [0.1, 0.15) is 23.9 Å². The fraction of sp³-hybridized carbons (Fsp3) is 0.290. The summed E-state index contributed by atoms with van der Waals surface area (Å²) in [6.07, 6.45) is 4.66. The molecule has 3 aromatic carbocycles. The molecule has 4 aromatic rings. The summed E-state index contributed by atoms with van der Waals surface area (Å²) in [6.45, 7) is 3.71. The summed E-state index contributed by atoms with van der Waals surface area (Å²) >= 11 is 0. The zero-order chi connectivity index (χ0) is 25.4. The average Bonchev–Trinajstić information content (AvgIpc) is 3.69. The number of hydrogen-bond donors (Lipinski definition) is 1. The molecule has 2 aliphatic rings. The van der Waals surface area contributed by atoms with Crippen molar-refractivity contribution in [3.8, 4) is 17.2 Å². The highest BCUT2D eigenvalue weighted by Gasteiger charge is 2.47. The van der Waals surface area contributed by atoms with Crippen molar-refractivity contribution in [3.05, 3.63) is 95.7 Å². The number of aromatic nitrogens is 1. The highest BCUT2D eigenvalue weighted by molar-refractivity contribution is 5.97. The number of nitrogens with zero attached hydrogens (tertiary/aromatic N) is 2. The Bertz CT molecular complexity index is 1450. The van der Waals surface area contributed by atoms with Crippen LogP contribution in [0.15, 0.2) is 79.0 Å². The maximum Gasteiger partial charge on any atom is 0.252 e. The minimum Gasteiger partial charge on any atom is -0.492 e. The predicted molar refractivity (Wildman–Crippen MR) is 144 cm³/mol. The SMILES string of the molecule is Cc1ccc(OC[C@@H]2CCN2C)cc1C(=O)NC1(c2cc(Oc3ccccc3)cc3ncccc23)CC1. The number of carbonyl (C=O) groups is 1. The first-order valence-corrected chi connectivity index (χ1v) is 12.9. The van der Waals surface area contributed by atoms with E-state index in [1.165, 1.54) is 0 Å². The summed E-state index contributed by atoms with van der Waals surface area (Å²) in [7, 11) is 2.11. The summed E-state index contributed by atoms with van der Waals surface area (Å²) < 4.78 is 12.2. The molecule has 1 aliphatic heterocycles. The molecule has 6 nitrogen and oxygen atoms in total. The molecule has 1 saturated carbocycles. The number of carbonyl (C=O) groups excluding carboxylic acids is 1. The van der Waals surface area contributed by atoms with Crippen molar-refractivity contribution in [2.24, 2.45) is 0 Å². The van der Waals surface area contributed by atoms with Crippen molar-refractivity contribution in [1.29, 1.82) is 0 Å². The zero-order valence-electron chi connectivity index (χ0n) is 21.2. The normalized spacial score (nSPS) is 18.2. The van der Waals surface area contributed by atoms with Crippen LogP contribution in [0.3, 0.4) is 0 Å². The Balaban J connectivity index is 1.27. The van der Waals surface area contributed by atoms with Crippen molar-refractivity contribution < 1.29 is 14.3 Å². The number of hydrogen-bond acceptors (Lipinski definition) is 5. The van der Waals surface area contributed by atoms with Gasteiger partial charge in [0.25, 0.3) is 5.91 Å². The second kappa shape index (κ2) is 9.52. The third-order valence-electron chi connectivity index (χ3n) is 7.63. The van der Waals surface area contributed by atoms with E-state index in [0.29, 0.717) is 24.0 Å². The van der Waals surface area contributed by atoms with E-state index in [9.17, 15) is 4.79 Å². The van der Waals surface area contributed by atoms with Crippen molar-refractivity contribution >= 4 is 16.8 Å². The molecular weight excluding hydrogens is 462 g/mol. The van der Waals surface area contributed by atoms with Crippen molar-refractivity contribution in [3.63, 3.8) is 0 Å². The lowest BCUT2D eigenvalue weighted by atomic mass is 9.97. The molecular formula is C31H31N3O3. The minimum absolute atomic E-state index is 0.0902. The number of aryl methyl sites for hydroxylation is 1. The second-order valence-corrected chi connectivity index (χ2v) is 10.2. The van der Waals surface area contributed by atoms with Gasteiger partial charge < -0.3 is 14.8 Å². The summed E-state index contributed by atoms with van der Waals surface area (Å²) in [5, 5.41) is 4.39. The maximum atomic E-state index is 13.6. The lowest BCUT2D eigenvalue weighted by Gasteiger charge is -2.37. The van der Waals surface area contributed by atoms with Crippen LogP contribution in [0.1, 0.15) is 40.7 Å². The molecule has 6 rings (SSSR count). The summed E-state index contributed by atoms with van der Waals surface area (Å²) in [5.74, 6) is 2.11. The van der Waals surface area contributed by atoms with E-state index in [0.717, 1.165) is 59.3 Å². The molecule has 1 atom stereocenters. The fourth-order valence-corrected chi connectivity index (χ4v) is 5.02. The first kappa shape index (κ1) is 23.5. The van der Waals surface area contributed by atoms with Crippen LogP contribution >= 0.6 is 0 Å². The molecule has 188 valence electrons. The molecule has 1 N–H and O–H groups in total. The van der Waals surface area contributed by atoms with Crippen LogP contribution in [-0.2, 0) is 5.54 Å². The number of pyridine rings is 1. The van der Waals surface area contributed by atoms with Crippen LogP contribution in [0.25, 0.3) is 10.9 Å². The summed E-state index contributed by atoms with van der Waals surface area (Å²) in [4.78, 5) is 20.5. The minimum atomic E-state index is -0.452. The molecule has 0 unspecified atom stereocenters. The van der Waals surface area contributed by atoms with Crippen LogP contribution in [0.5, 0.6) is 17.2 Å². The lowest BCUT2D eigenvalue weighted by molar-refractivity contribution is 0.0767. The highest BCUT2D eigenvalue weighted by atomic mass is 16.5. The number of nitrogens with one attached hydrogen (secondary N) is 1. The van der Waals surface area contributed by atoms with Crippen LogP contribution in [0.2, 0.25) is 0 Å². The Morgan fingerprint density at radius 1 is 1.03 bits per heavy atom. The highest BCUT2D eigenvalue weighted by Crippen LogP contribution is 2.49. The largest absolute Gasteiger partial charge is 0.492 e. The topological polar surface area (TPSA) is 63.7 Å². The quantitative estimate of drug-likeness (QED) is 0.334. The van der Waals surface area contributed by atoms with Gasteiger partial charge in [-0.05, 0) is 87.3 Å². The van der Waals surface area contributed by atoms with E-state index in [2.05, 4.69) is 28.3 Å². The van der Waals surface area contributed by atoms with Gasteiger partial charge in [-0.1, -0.05) is 30.3 Å². The van der Waals surface area contributed by atoms with Crippen molar-refractivity contribution in [2.75, 3.05) is 20.2 Å². The van der Waals surface area contributed by atoms with Gasteiger partial charge in [-0.2, -0.15) is 0 Å². The molecule has 0 radical (unpaired) electrons. The number of likely N-dealkylation sites (tertiary alicyclic amines) is 1. The average molecular weight is 494 g/mol. The predicted octanol–water partition coefficient (Wildman–Crippen LogP) is 5.84. The van der Waals surface area contributed by atoms with Gasteiger partial charge >= 0.3 is 0 Å².